The SMILES string of the molecule is c1ccc(COc2ccccc2C(=NN2CCCCCC2)n2ccnc2)cc1. The first-order valence-electron chi connectivity index (χ1n) is 9.98. The van der Waals surface area contributed by atoms with E-state index in [-0.39, 0.29) is 0 Å². The molecule has 0 spiro atoms. The van der Waals surface area contributed by atoms with Crippen LogP contribution >= 0.6 is 0 Å². The molecule has 0 amide bonds. The number of nitrogens with zero attached hydrogens (tertiary/aromatic N) is 4. The molecule has 2 aromatic carbocycles. The van der Waals surface area contributed by atoms with Gasteiger partial charge < -0.3 is 4.74 Å². The summed E-state index contributed by atoms with van der Waals surface area (Å²) in [5, 5.41) is 7.21. The predicted molar refractivity (Wildman–Crippen MR) is 111 cm³/mol. The van der Waals surface area contributed by atoms with Gasteiger partial charge in [0.05, 0.1) is 5.56 Å². The Kier molecular flexibility index (Phi) is 6.02. The summed E-state index contributed by atoms with van der Waals surface area (Å²) in [6.07, 6.45) is 10.5. The molecule has 0 N–H and O–H groups in total. The quantitative estimate of drug-likeness (QED) is 0.486. The van der Waals surface area contributed by atoms with Crippen molar-refractivity contribution in [2.75, 3.05) is 13.1 Å². The van der Waals surface area contributed by atoms with E-state index < -0.39 is 0 Å². The fourth-order valence-corrected chi connectivity index (χ4v) is 3.43. The summed E-state index contributed by atoms with van der Waals surface area (Å²) in [7, 11) is 0. The molecule has 5 heteroatoms. The van der Waals surface area contributed by atoms with Gasteiger partial charge in [0, 0.05) is 25.5 Å². The third-order valence-electron chi connectivity index (χ3n) is 4.93. The van der Waals surface area contributed by atoms with Crippen molar-refractivity contribution in [3.05, 3.63) is 84.4 Å². The molecule has 4 rings (SSSR count). The van der Waals surface area contributed by atoms with Crippen molar-refractivity contribution in [2.45, 2.75) is 32.3 Å². The van der Waals surface area contributed by atoms with Crippen molar-refractivity contribution >= 4 is 5.84 Å². The molecule has 1 fully saturated rings. The molecule has 2 heterocycles. The number of ether oxygens (including phenoxy) is 1. The number of para-hydroxylation sites is 1. The van der Waals surface area contributed by atoms with E-state index in [1.165, 1.54) is 25.7 Å². The summed E-state index contributed by atoms with van der Waals surface area (Å²) in [6, 6.07) is 18.3. The van der Waals surface area contributed by atoms with E-state index >= 15 is 0 Å². The molecule has 144 valence electrons. The second-order valence-corrected chi connectivity index (χ2v) is 7.03. The maximum Gasteiger partial charge on any atom is 0.169 e. The van der Waals surface area contributed by atoms with E-state index in [0.29, 0.717) is 6.61 Å². The third kappa shape index (κ3) is 4.60. The minimum Gasteiger partial charge on any atom is -0.488 e. The summed E-state index contributed by atoms with van der Waals surface area (Å²) >= 11 is 0. The topological polar surface area (TPSA) is 42.6 Å². The van der Waals surface area contributed by atoms with E-state index in [1.54, 1.807) is 12.5 Å². The van der Waals surface area contributed by atoms with Gasteiger partial charge in [0.1, 0.15) is 18.7 Å². The Hall–Kier alpha value is -3.08. The van der Waals surface area contributed by atoms with Crippen molar-refractivity contribution in [2.24, 2.45) is 5.10 Å². The number of hydrogen-bond acceptors (Lipinski definition) is 4. The molecule has 1 aromatic heterocycles. The number of benzene rings is 2. The second-order valence-electron chi connectivity index (χ2n) is 7.03. The Labute approximate surface area is 166 Å². The van der Waals surface area contributed by atoms with Gasteiger partial charge in [-0.3, -0.25) is 9.58 Å². The Morgan fingerprint density at radius 1 is 0.929 bits per heavy atom. The summed E-state index contributed by atoms with van der Waals surface area (Å²) in [6.45, 7) is 2.51. The molecule has 1 aliphatic rings. The standard InChI is InChI=1S/C23H26N4O/c1-2-9-16-27(15-8-1)25-23(26-17-14-24-19-26)21-12-6-7-13-22(21)28-18-20-10-4-3-5-11-20/h3-7,10-14,17,19H,1-2,8-9,15-16,18H2. The first-order chi connectivity index (χ1) is 13.9. The highest BCUT2D eigenvalue weighted by Gasteiger charge is 2.15. The predicted octanol–water partition coefficient (Wildman–Crippen LogP) is 4.55. The van der Waals surface area contributed by atoms with Crippen LogP contribution in [0.1, 0.15) is 36.8 Å². The molecule has 1 aliphatic heterocycles. The number of imidazole rings is 1. The summed E-state index contributed by atoms with van der Waals surface area (Å²) in [5.74, 6) is 1.68. The zero-order valence-corrected chi connectivity index (χ0v) is 16.1. The van der Waals surface area contributed by atoms with Crippen LogP contribution < -0.4 is 4.74 Å². The molecule has 0 saturated carbocycles. The molecular formula is C23H26N4O. The van der Waals surface area contributed by atoms with Crippen LogP contribution in [0.2, 0.25) is 0 Å². The van der Waals surface area contributed by atoms with E-state index in [0.717, 1.165) is 35.8 Å². The van der Waals surface area contributed by atoms with Gasteiger partial charge in [-0.2, -0.15) is 5.10 Å². The maximum absolute atomic E-state index is 6.18. The highest BCUT2D eigenvalue weighted by atomic mass is 16.5. The smallest absolute Gasteiger partial charge is 0.169 e. The zero-order valence-electron chi connectivity index (χ0n) is 16.1. The molecule has 3 aromatic rings. The van der Waals surface area contributed by atoms with E-state index in [9.17, 15) is 0 Å². The Morgan fingerprint density at radius 3 is 2.43 bits per heavy atom. The lowest BCUT2D eigenvalue weighted by Gasteiger charge is -2.20. The van der Waals surface area contributed by atoms with Gasteiger partial charge in [-0.15, -0.1) is 0 Å². The molecule has 0 unspecified atom stereocenters. The highest BCUT2D eigenvalue weighted by Crippen LogP contribution is 2.22. The van der Waals surface area contributed by atoms with Crippen LogP contribution in [0.3, 0.4) is 0 Å². The number of hydrogen-bond donors (Lipinski definition) is 0. The molecule has 0 radical (unpaired) electrons. The fraction of sp³-hybridized carbons (Fsp3) is 0.304. The minimum atomic E-state index is 0.527. The lowest BCUT2D eigenvalue weighted by molar-refractivity contribution is 0.297. The molecule has 0 atom stereocenters. The van der Waals surface area contributed by atoms with Crippen molar-refractivity contribution < 1.29 is 4.74 Å². The van der Waals surface area contributed by atoms with Gasteiger partial charge in [0.25, 0.3) is 0 Å². The lowest BCUT2D eigenvalue weighted by Crippen LogP contribution is -2.24. The fourth-order valence-electron chi connectivity index (χ4n) is 3.43. The van der Waals surface area contributed by atoms with Crippen molar-refractivity contribution in [1.29, 1.82) is 0 Å². The van der Waals surface area contributed by atoms with Crippen LogP contribution in [-0.2, 0) is 6.61 Å². The van der Waals surface area contributed by atoms with Gasteiger partial charge in [-0.05, 0) is 30.5 Å². The lowest BCUT2D eigenvalue weighted by atomic mass is 10.1. The van der Waals surface area contributed by atoms with Crippen LogP contribution in [0, 0.1) is 0 Å². The van der Waals surface area contributed by atoms with Crippen LogP contribution in [0.4, 0.5) is 0 Å². The Balaban J connectivity index is 1.64. The van der Waals surface area contributed by atoms with Crippen LogP contribution in [0.15, 0.2) is 78.4 Å². The number of rotatable bonds is 5. The van der Waals surface area contributed by atoms with Gasteiger partial charge >= 0.3 is 0 Å². The van der Waals surface area contributed by atoms with Gasteiger partial charge in [0.2, 0.25) is 0 Å². The zero-order chi connectivity index (χ0) is 19.0. The average Bonchev–Trinajstić information content (AvgIpc) is 3.16. The second kappa shape index (κ2) is 9.22. The normalized spacial score (nSPS) is 15.3. The third-order valence-corrected chi connectivity index (χ3v) is 4.93. The largest absolute Gasteiger partial charge is 0.488 e. The first kappa shape index (κ1) is 18.3. The molecule has 0 bridgehead atoms. The first-order valence-corrected chi connectivity index (χ1v) is 9.98. The Bertz CT molecular complexity index is 882. The summed E-state index contributed by atoms with van der Waals surface area (Å²) in [4.78, 5) is 4.23. The van der Waals surface area contributed by atoms with Gasteiger partial charge in [-0.1, -0.05) is 55.3 Å². The van der Waals surface area contributed by atoms with Crippen molar-refractivity contribution in [1.82, 2.24) is 14.6 Å². The van der Waals surface area contributed by atoms with E-state index in [2.05, 4.69) is 28.2 Å². The van der Waals surface area contributed by atoms with Crippen LogP contribution in [0.5, 0.6) is 5.75 Å². The maximum atomic E-state index is 6.18. The highest BCUT2D eigenvalue weighted by molar-refractivity contribution is 6.02. The van der Waals surface area contributed by atoms with Gasteiger partial charge in [-0.25, -0.2) is 4.98 Å². The summed E-state index contributed by atoms with van der Waals surface area (Å²) < 4.78 is 8.15. The monoisotopic (exact) mass is 374 g/mol. The molecule has 28 heavy (non-hydrogen) atoms. The molecular weight excluding hydrogens is 348 g/mol. The Morgan fingerprint density at radius 2 is 1.68 bits per heavy atom. The number of aromatic nitrogens is 2. The summed E-state index contributed by atoms with van der Waals surface area (Å²) in [5.41, 5.74) is 2.12. The number of hydrazone groups is 1. The minimum absolute atomic E-state index is 0.527. The van der Waals surface area contributed by atoms with Crippen LogP contribution in [0.25, 0.3) is 0 Å². The van der Waals surface area contributed by atoms with Crippen molar-refractivity contribution in [3.8, 4) is 5.75 Å². The van der Waals surface area contributed by atoms with E-state index in [4.69, 9.17) is 9.84 Å². The van der Waals surface area contributed by atoms with Crippen molar-refractivity contribution in [3.63, 3.8) is 0 Å². The van der Waals surface area contributed by atoms with E-state index in [1.807, 2.05) is 47.2 Å². The van der Waals surface area contributed by atoms with Gasteiger partial charge in [0.15, 0.2) is 5.84 Å². The molecule has 1 saturated heterocycles. The molecule has 0 aliphatic carbocycles. The van der Waals surface area contributed by atoms with Crippen LogP contribution in [-0.4, -0.2) is 33.5 Å². The average molecular weight is 374 g/mol. The molecule has 5 nitrogen and oxygen atoms in total.